The Morgan fingerprint density at radius 3 is 2.69 bits per heavy atom. The van der Waals surface area contributed by atoms with E-state index in [9.17, 15) is 4.79 Å². The van der Waals surface area contributed by atoms with Gasteiger partial charge in [0.2, 0.25) is 0 Å². The van der Waals surface area contributed by atoms with Crippen LogP contribution in [0, 0.1) is 6.92 Å². The van der Waals surface area contributed by atoms with Crippen molar-refractivity contribution < 1.29 is 9.53 Å². The molecule has 2 aromatic rings. The number of thioether (sulfide) groups is 1. The molecule has 26 heavy (non-hydrogen) atoms. The Hall–Kier alpha value is -1.94. The fourth-order valence-electron chi connectivity index (χ4n) is 3.33. The van der Waals surface area contributed by atoms with Gasteiger partial charge in [0.15, 0.2) is 0 Å². The Morgan fingerprint density at radius 2 is 1.96 bits per heavy atom. The lowest BCUT2D eigenvalue weighted by Gasteiger charge is -2.38. The molecule has 0 aliphatic carbocycles. The monoisotopic (exact) mass is 369 g/mol. The van der Waals surface area contributed by atoms with Crippen molar-refractivity contribution in [3.05, 3.63) is 59.2 Å². The normalized spacial score (nSPS) is 18.2. The van der Waals surface area contributed by atoms with Crippen LogP contribution in [0.2, 0.25) is 0 Å². The molecule has 0 spiro atoms. The summed E-state index contributed by atoms with van der Waals surface area (Å²) in [7, 11) is 0. The minimum Gasteiger partial charge on any atom is -0.487 e. The topological polar surface area (TPSA) is 38.3 Å². The first-order valence-electron chi connectivity index (χ1n) is 9.11. The number of fused-ring (bicyclic) bond motifs is 1. The van der Waals surface area contributed by atoms with Crippen LogP contribution < -0.4 is 10.1 Å². The van der Waals surface area contributed by atoms with Crippen LogP contribution in [-0.2, 0) is 0 Å². The highest BCUT2D eigenvalue weighted by atomic mass is 32.2. The molecule has 1 aliphatic rings. The van der Waals surface area contributed by atoms with Crippen molar-refractivity contribution in [2.24, 2.45) is 0 Å². The molecule has 1 atom stereocenters. The quantitative estimate of drug-likeness (QED) is 0.720. The van der Waals surface area contributed by atoms with E-state index >= 15 is 0 Å². The van der Waals surface area contributed by atoms with Gasteiger partial charge in [-0.15, -0.1) is 11.8 Å². The van der Waals surface area contributed by atoms with Crippen LogP contribution in [0.5, 0.6) is 5.75 Å². The molecule has 1 N–H and O–H groups in total. The summed E-state index contributed by atoms with van der Waals surface area (Å²) in [6, 6.07) is 14.0. The maximum Gasteiger partial charge on any atom is 0.252 e. The first-order valence-corrected chi connectivity index (χ1v) is 9.99. The number of hydrogen-bond donors (Lipinski definition) is 1. The fraction of sp³-hybridized carbons (Fsp3) is 0.409. The van der Waals surface area contributed by atoms with Crippen LogP contribution >= 0.6 is 11.8 Å². The van der Waals surface area contributed by atoms with Crippen LogP contribution in [0.25, 0.3) is 0 Å². The third-order valence-electron chi connectivity index (χ3n) is 4.43. The van der Waals surface area contributed by atoms with E-state index in [-0.39, 0.29) is 17.6 Å². The highest BCUT2D eigenvalue weighted by molar-refractivity contribution is 8.00. The summed E-state index contributed by atoms with van der Waals surface area (Å²) in [5, 5.41) is 3.67. The Kier molecular flexibility index (Phi) is 5.33. The van der Waals surface area contributed by atoms with E-state index in [0.717, 1.165) is 33.8 Å². The number of carbonyl (C=O) groups excluding carboxylic acids is 1. The molecule has 138 valence electrons. The third kappa shape index (κ3) is 4.24. The molecule has 2 aromatic carbocycles. The molecule has 1 aliphatic heterocycles. The maximum absolute atomic E-state index is 13.0. The van der Waals surface area contributed by atoms with Crippen molar-refractivity contribution in [3.63, 3.8) is 0 Å². The summed E-state index contributed by atoms with van der Waals surface area (Å²) in [6.07, 6.45) is 0.744. The Bertz CT molecular complexity index is 814. The molecule has 3 rings (SSSR count). The van der Waals surface area contributed by atoms with Gasteiger partial charge in [0, 0.05) is 22.1 Å². The number of hydrogen-bond acceptors (Lipinski definition) is 3. The molecular formula is C22H27NO2S. The van der Waals surface area contributed by atoms with Crippen molar-refractivity contribution >= 4 is 17.7 Å². The average Bonchev–Trinajstić information content (AvgIpc) is 2.53. The van der Waals surface area contributed by atoms with E-state index in [1.54, 1.807) is 11.8 Å². The summed E-state index contributed by atoms with van der Waals surface area (Å²) in [5.41, 5.74) is 2.64. The average molecular weight is 370 g/mol. The van der Waals surface area contributed by atoms with E-state index in [1.165, 1.54) is 0 Å². The fourth-order valence-corrected chi connectivity index (χ4v) is 4.29. The van der Waals surface area contributed by atoms with Crippen LogP contribution in [-0.4, -0.2) is 16.8 Å². The smallest absolute Gasteiger partial charge is 0.252 e. The molecular weight excluding hydrogens is 342 g/mol. The van der Waals surface area contributed by atoms with Crippen LogP contribution in [0.3, 0.4) is 0 Å². The number of nitrogens with one attached hydrogen (secondary N) is 1. The van der Waals surface area contributed by atoms with Gasteiger partial charge in [-0.1, -0.05) is 38.1 Å². The van der Waals surface area contributed by atoms with Gasteiger partial charge in [0.05, 0.1) is 11.6 Å². The molecule has 0 radical (unpaired) electrons. The zero-order valence-corrected chi connectivity index (χ0v) is 16.9. The molecule has 0 saturated heterocycles. The lowest BCUT2D eigenvalue weighted by atomic mass is 9.89. The van der Waals surface area contributed by atoms with Crippen molar-refractivity contribution in [2.45, 2.75) is 62.8 Å². The molecule has 0 fully saturated rings. The second kappa shape index (κ2) is 7.36. The van der Waals surface area contributed by atoms with Crippen molar-refractivity contribution in [2.75, 3.05) is 0 Å². The number of rotatable bonds is 4. The van der Waals surface area contributed by atoms with Crippen molar-refractivity contribution in [1.29, 1.82) is 0 Å². The van der Waals surface area contributed by atoms with Crippen molar-refractivity contribution in [1.82, 2.24) is 5.32 Å². The maximum atomic E-state index is 13.0. The standard InChI is InChI=1S/C22H27NO2S/c1-14(2)26-20-9-7-6-8-17(20)21(24)23-18-13-22(4,5)25-19-12-15(3)10-11-16(18)19/h6-12,14,18H,13H2,1-5H3,(H,23,24)/t18-/m0/s1. The summed E-state index contributed by atoms with van der Waals surface area (Å²) in [4.78, 5) is 14.1. The minimum atomic E-state index is -0.315. The van der Waals surface area contributed by atoms with E-state index < -0.39 is 0 Å². The van der Waals surface area contributed by atoms with E-state index in [1.807, 2.05) is 24.3 Å². The predicted molar refractivity (Wildman–Crippen MR) is 108 cm³/mol. The van der Waals surface area contributed by atoms with Crippen LogP contribution in [0.1, 0.15) is 61.6 Å². The Balaban J connectivity index is 1.88. The Labute approximate surface area is 160 Å². The lowest BCUT2D eigenvalue weighted by Crippen LogP contribution is -2.41. The molecule has 3 nitrogen and oxygen atoms in total. The molecule has 4 heteroatoms. The molecule has 0 saturated carbocycles. The first kappa shape index (κ1) is 18.8. The first-order chi connectivity index (χ1) is 12.2. The van der Waals surface area contributed by atoms with E-state index in [2.05, 4.69) is 58.1 Å². The summed E-state index contributed by atoms with van der Waals surface area (Å²) in [5.74, 6) is 0.847. The van der Waals surface area contributed by atoms with E-state index in [4.69, 9.17) is 4.74 Å². The second-order valence-corrected chi connectivity index (χ2v) is 9.41. The lowest BCUT2D eigenvalue weighted by molar-refractivity contribution is 0.0618. The number of benzene rings is 2. The predicted octanol–water partition coefficient (Wildman–Crippen LogP) is 5.53. The summed E-state index contributed by atoms with van der Waals surface area (Å²) < 4.78 is 6.14. The molecule has 0 unspecified atom stereocenters. The van der Waals surface area contributed by atoms with Gasteiger partial charge in [-0.3, -0.25) is 4.79 Å². The van der Waals surface area contributed by atoms with Gasteiger partial charge in [0.25, 0.3) is 5.91 Å². The van der Waals surface area contributed by atoms with E-state index in [0.29, 0.717) is 5.25 Å². The van der Waals surface area contributed by atoms with Gasteiger partial charge < -0.3 is 10.1 Å². The molecule has 0 bridgehead atoms. The van der Waals surface area contributed by atoms with Gasteiger partial charge >= 0.3 is 0 Å². The summed E-state index contributed by atoms with van der Waals surface area (Å²) in [6.45, 7) is 10.5. The Morgan fingerprint density at radius 1 is 1.23 bits per heavy atom. The second-order valence-electron chi connectivity index (χ2n) is 7.80. The SMILES string of the molecule is Cc1ccc2c(c1)OC(C)(C)C[C@@H]2NC(=O)c1ccccc1SC(C)C. The summed E-state index contributed by atoms with van der Waals surface area (Å²) >= 11 is 1.72. The van der Waals surface area contributed by atoms with Gasteiger partial charge in [-0.25, -0.2) is 0 Å². The van der Waals surface area contributed by atoms with Crippen LogP contribution in [0.15, 0.2) is 47.4 Å². The highest BCUT2D eigenvalue weighted by Crippen LogP contribution is 2.40. The third-order valence-corrected chi connectivity index (χ3v) is 5.51. The largest absolute Gasteiger partial charge is 0.487 e. The van der Waals surface area contributed by atoms with Gasteiger partial charge in [-0.2, -0.15) is 0 Å². The van der Waals surface area contributed by atoms with Crippen molar-refractivity contribution in [3.8, 4) is 5.75 Å². The van der Waals surface area contributed by atoms with Gasteiger partial charge in [0.1, 0.15) is 11.4 Å². The zero-order chi connectivity index (χ0) is 18.9. The highest BCUT2D eigenvalue weighted by Gasteiger charge is 2.34. The van der Waals surface area contributed by atoms with Gasteiger partial charge in [-0.05, 0) is 44.5 Å². The van der Waals surface area contributed by atoms with Crippen LogP contribution in [0.4, 0.5) is 0 Å². The zero-order valence-electron chi connectivity index (χ0n) is 16.1. The number of carbonyl (C=O) groups is 1. The molecule has 0 aromatic heterocycles. The molecule has 1 heterocycles. The number of aryl methyl sites for hydroxylation is 1. The minimum absolute atomic E-state index is 0.0250. The number of amides is 1. The molecule has 1 amide bonds. The number of ether oxygens (including phenoxy) is 1.